The molecule has 32 heavy (non-hydrogen) atoms. The van der Waals surface area contributed by atoms with E-state index in [0.717, 1.165) is 33.6 Å². The summed E-state index contributed by atoms with van der Waals surface area (Å²) < 4.78 is 0. The summed E-state index contributed by atoms with van der Waals surface area (Å²) >= 11 is 0. The number of imide groups is 1. The second-order valence-corrected chi connectivity index (χ2v) is 8.40. The van der Waals surface area contributed by atoms with Crippen molar-refractivity contribution in [3.63, 3.8) is 0 Å². The molecule has 3 aromatic carbocycles. The largest absolute Gasteiger partial charge is 0.378 e. The summed E-state index contributed by atoms with van der Waals surface area (Å²) in [7, 11) is 3.85. The minimum Gasteiger partial charge on any atom is -0.378 e. The van der Waals surface area contributed by atoms with Crippen LogP contribution in [0.5, 0.6) is 0 Å². The highest BCUT2D eigenvalue weighted by Crippen LogP contribution is 2.35. The molecular weight excluding hydrogens is 398 g/mol. The van der Waals surface area contributed by atoms with E-state index >= 15 is 0 Å². The maximum atomic E-state index is 13.7. The summed E-state index contributed by atoms with van der Waals surface area (Å²) in [5.41, 5.74) is 6.90. The summed E-state index contributed by atoms with van der Waals surface area (Å²) in [4.78, 5) is 30.5. The van der Waals surface area contributed by atoms with Crippen molar-refractivity contribution >= 4 is 34.4 Å². The van der Waals surface area contributed by atoms with Gasteiger partial charge in [0.1, 0.15) is 5.70 Å². The summed E-state index contributed by atoms with van der Waals surface area (Å²) in [6.45, 7) is 6.02. The van der Waals surface area contributed by atoms with Crippen LogP contribution in [-0.4, -0.2) is 25.9 Å². The molecule has 5 heteroatoms. The van der Waals surface area contributed by atoms with Gasteiger partial charge < -0.3 is 10.2 Å². The Labute approximate surface area is 189 Å². The van der Waals surface area contributed by atoms with Crippen molar-refractivity contribution in [2.45, 2.75) is 20.8 Å². The standard InChI is InChI=1S/C27H27N3O2/c1-17-8-6-9-21(14-17)28-25-24(20-13-12-18(2)19(3)15-20)26(31)30(27(25)32)23-11-7-10-22(16-23)29(4)5/h6-16,28H,1-5H3. The van der Waals surface area contributed by atoms with Crippen LogP contribution in [0, 0.1) is 20.8 Å². The molecule has 2 amide bonds. The van der Waals surface area contributed by atoms with Gasteiger partial charge in [-0.3, -0.25) is 9.59 Å². The van der Waals surface area contributed by atoms with Gasteiger partial charge in [0.25, 0.3) is 11.8 Å². The van der Waals surface area contributed by atoms with Crippen molar-refractivity contribution in [3.8, 4) is 0 Å². The number of amides is 2. The highest BCUT2D eigenvalue weighted by molar-refractivity contribution is 6.46. The zero-order valence-electron chi connectivity index (χ0n) is 19.1. The third kappa shape index (κ3) is 3.89. The first-order valence-corrected chi connectivity index (χ1v) is 10.6. The molecule has 0 fully saturated rings. The van der Waals surface area contributed by atoms with Crippen LogP contribution < -0.4 is 15.1 Å². The van der Waals surface area contributed by atoms with Gasteiger partial charge in [0, 0.05) is 25.5 Å². The number of carbonyl (C=O) groups is 2. The number of benzene rings is 3. The number of nitrogens with one attached hydrogen (secondary N) is 1. The molecule has 0 atom stereocenters. The number of hydrogen-bond donors (Lipinski definition) is 1. The highest BCUT2D eigenvalue weighted by atomic mass is 16.2. The predicted octanol–water partition coefficient (Wildman–Crippen LogP) is 5.07. The van der Waals surface area contributed by atoms with Crippen LogP contribution in [0.1, 0.15) is 22.3 Å². The van der Waals surface area contributed by atoms with E-state index in [1.165, 1.54) is 4.90 Å². The smallest absolute Gasteiger partial charge is 0.282 e. The fraction of sp³-hybridized carbons (Fsp3) is 0.185. The lowest BCUT2D eigenvalue weighted by Crippen LogP contribution is -2.32. The Bertz CT molecular complexity index is 1260. The van der Waals surface area contributed by atoms with Crippen LogP contribution in [0.2, 0.25) is 0 Å². The normalized spacial score (nSPS) is 13.7. The van der Waals surface area contributed by atoms with Gasteiger partial charge in [-0.1, -0.05) is 36.4 Å². The number of nitrogens with zero attached hydrogens (tertiary/aromatic N) is 2. The first-order valence-electron chi connectivity index (χ1n) is 10.6. The van der Waals surface area contributed by atoms with E-state index in [1.54, 1.807) is 6.07 Å². The minimum absolute atomic E-state index is 0.291. The lowest BCUT2D eigenvalue weighted by molar-refractivity contribution is -0.120. The zero-order chi connectivity index (χ0) is 23.0. The van der Waals surface area contributed by atoms with Crippen LogP contribution in [0.25, 0.3) is 5.57 Å². The first-order chi connectivity index (χ1) is 15.3. The topological polar surface area (TPSA) is 52.7 Å². The van der Waals surface area contributed by atoms with Crippen LogP contribution >= 0.6 is 0 Å². The van der Waals surface area contributed by atoms with Gasteiger partial charge in [0.05, 0.1) is 11.3 Å². The van der Waals surface area contributed by atoms with Gasteiger partial charge in [0.15, 0.2) is 0 Å². The molecule has 1 aliphatic rings. The van der Waals surface area contributed by atoms with Crippen LogP contribution in [0.15, 0.2) is 72.4 Å². The molecule has 3 aromatic rings. The van der Waals surface area contributed by atoms with Gasteiger partial charge in [-0.2, -0.15) is 0 Å². The van der Waals surface area contributed by atoms with Gasteiger partial charge in [0.2, 0.25) is 0 Å². The van der Waals surface area contributed by atoms with Crippen LogP contribution in [-0.2, 0) is 9.59 Å². The molecule has 4 rings (SSSR count). The quantitative estimate of drug-likeness (QED) is 0.580. The summed E-state index contributed by atoms with van der Waals surface area (Å²) in [6, 6.07) is 21.1. The van der Waals surface area contributed by atoms with E-state index in [1.807, 2.05) is 100 Å². The monoisotopic (exact) mass is 425 g/mol. The van der Waals surface area contributed by atoms with Crippen LogP contribution in [0.4, 0.5) is 17.1 Å². The van der Waals surface area contributed by atoms with Gasteiger partial charge in [-0.15, -0.1) is 0 Å². The maximum Gasteiger partial charge on any atom is 0.282 e. The van der Waals surface area contributed by atoms with E-state index in [-0.39, 0.29) is 11.8 Å². The van der Waals surface area contributed by atoms with Crippen molar-refractivity contribution in [2.75, 3.05) is 29.2 Å². The lowest BCUT2D eigenvalue weighted by Gasteiger charge is -2.19. The molecule has 0 aromatic heterocycles. The second-order valence-electron chi connectivity index (χ2n) is 8.40. The molecule has 1 heterocycles. The lowest BCUT2D eigenvalue weighted by atomic mass is 9.99. The Morgan fingerprint density at radius 1 is 0.781 bits per heavy atom. The molecule has 1 aliphatic heterocycles. The molecule has 5 nitrogen and oxygen atoms in total. The van der Waals surface area contributed by atoms with E-state index in [9.17, 15) is 9.59 Å². The fourth-order valence-corrected chi connectivity index (χ4v) is 3.82. The van der Waals surface area contributed by atoms with Crippen molar-refractivity contribution in [1.82, 2.24) is 0 Å². The van der Waals surface area contributed by atoms with Crippen molar-refractivity contribution in [3.05, 3.63) is 94.7 Å². The van der Waals surface area contributed by atoms with Gasteiger partial charge in [-0.25, -0.2) is 4.90 Å². The van der Waals surface area contributed by atoms with E-state index in [2.05, 4.69) is 5.32 Å². The van der Waals surface area contributed by atoms with Crippen LogP contribution in [0.3, 0.4) is 0 Å². The van der Waals surface area contributed by atoms with E-state index < -0.39 is 0 Å². The second kappa shape index (κ2) is 8.35. The molecule has 0 aliphatic carbocycles. The number of anilines is 3. The van der Waals surface area contributed by atoms with Crippen molar-refractivity contribution < 1.29 is 9.59 Å². The van der Waals surface area contributed by atoms with Gasteiger partial charge >= 0.3 is 0 Å². The Morgan fingerprint density at radius 2 is 1.53 bits per heavy atom. The molecule has 1 N–H and O–H groups in total. The molecule has 162 valence electrons. The first kappa shape index (κ1) is 21.4. The number of carbonyl (C=O) groups excluding carboxylic acids is 2. The summed E-state index contributed by atoms with van der Waals surface area (Å²) in [5.74, 6) is -0.690. The van der Waals surface area contributed by atoms with Crippen molar-refractivity contribution in [2.24, 2.45) is 0 Å². The molecular formula is C27H27N3O2. The number of hydrogen-bond acceptors (Lipinski definition) is 4. The van der Waals surface area contributed by atoms with Crippen molar-refractivity contribution in [1.29, 1.82) is 0 Å². The average molecular weight is 426 g/mol. The number of rotatable bonds is 5. The minimum atomic E-state index is -0.361. The Morgan fingerprint density at radius 3 is 2.22 bits per heavy atom. The molecule has 0 spiro atoms. The molecule has 0 radical (unpaired) electrons. The maximum absolute atomic E-state index is 13.7. The molecule has 0 bridgehead atoms. The number of aryl methyl sites for hydroxylation is 3. The Balaban J connectivity index is 1.84. The molecule has 0 saturated carbocycles. The summed E-state index contributed by atoms with van der Waals surface area (Å²) in [5, 5.41) is 3.24. The van der Waals surface area contributed by atoms with E-state index in [4.69, 9.17) is 0 Å². The fourth-order valence-electron chi connectivity index (χ4n) is 3.82. The molecule has 0 unspecified atom stereocenters. The zero-order valence-corrected chi connectivity index (χ0v) is 19.1. The predicted molar refractivity (Wildman–Crippen MR) is 131 cm³/mol. The average Bonchev–Trinajstić information content (AvgIpc) is 2.99. The van der Waals surface area contributed by atoms with E-state index in [0.29, 0.717) is 17.0 Å². The highest BCUT2D eigenvalue weighted by Gasteiger charge is 2.40. The Hall–Kier alpha value is -3.86. The summed E-state index contributed by atoms with van der Waals surface area (Å²) in [6.07, 6.45) is 0. The SMILES string of the molecule is Cc1cccc(NC2=C(c3ccc(C)c(C)c3)C(=O)N(c3cccc(N(C)C)c3)C2=O)c1. The van der Waals surface area contributed by atoms with Gasteiger partial charge in [-0.05, 0) is 73.4 Å². The third-order valence-electron chi connectivity index (χ3n) is 5.77. The molecule has 0 saturated heterocycles. The Kier molecular flexibility index (Phi) is 5.57. The third-order valence-corrected chi connectivity index (χ3v) is 5.77.